The first-order valence-corrected chi connectivity index (χ1v) is 8.56. The molecule has 0 spiro atoms. The minimum absolute atomic E-state index is 0.134. The molecule has 5 nitrogen and oxygen atoms in total. The van der Waals surface area contributed by atoms with Crippen LogP contribution >= 0.6 is 11.3 Å². The lowest BCUT2D eigenvalue weighted by molar-refractivity contribution is 0.103. The van der Waals surface area contributed by atoms with E-state index in [1.165, 1.54) is 11.3 Å². The molecule has 1 aromatic carbocycles. The molecular weight excluding hydrogens is 308 g/mol. The normalized spacial score (nSPS) is 14.3. The summed E-state index contributed by atoms with van der Waals surface area (Å²) in [5.41, 5.74) is 1.64. The van der Waals surface area contributed by atoms with E-state index in [2.05, 4.69) is 15.2 Å². The highest BCUT2D eigenvalue weighted by molar-refractivity contribution is 7.12. The molecular formula is C17H16N4OS. The van der Waals surface area contributed by atoms with Gasteiger partial charge in [-0.15, -0.1) is 11.3 Å². The lowest BCUT2D eigenvalue weighted by Gasteiger charge is -2.20. The predicted molar refractivity (Wildman–Crippen MR) is 93.3 cm³/mol. The molecule has 0 radical (unpaired) electrons. The summed E-state index contributed by atoms with van der Waals surface area (Å²) in [5, 5.41) is 4.83. The van der Waals surface area contributed by atoms with Gasteiger partial charge in [0.1, 0.15) is 0 Å². The van der Waals surface area contributed by atoms with E-state index in [-0.39, 0.29) is 5.91 Å². The summed E-state index contributed by atoms with van der Waals surface area (Å²) in [7, 11) is 0. The monoisotopic (exact) mass is 324 g/mol. The molecule has 116 valence electrons. The maximum Gasteiger partial charge on any atom is 0.266 e. The number of carbonyl (C=O) groups excluding carboxylic acids is 1. The Morgan fingerprint density at radius 1 is 1.04 bits per heavy atom. The summed E-state index contributed by atoms with van der Waals surface area (Å²) in [6.45, 7) is 1.91. The number of aromatic nitrogens is 2. The standard InChI is InChI=1S/C17H16N4OS/c22-17(14-8-5-11-23-14)20-15-16(21-9-3-4-10-21)19-13-7-2-1-6-12(13)18-15/h1-2,5-8,11H,3-4,9-10H2,(H,18,20,22). The molecule has 23 heavy (non-hydrogen) atoms. The van der Waals surface area contributed by atoms with Crippen molar-refractivity contribution in [3.05, 3.63) is 46.7 Å². The zero-order chi connectivity index (χ0) is 15.6. The van der Waals surface area contributed by atoms with E-state index in [1.54, 1.807) is 0 Å². The van der Waals surface area contributed by atoms with Crippen LogP contribution in [0.15, 0.2) is 41.8 Å². The van der Waals surface area contributed by atoms with E-state index in [0.717, 1.165) is 42.8 Å². The van der Waals surface area contributed by atoms with Gasteiger partial charge in [0, 0.05) is 13.1 Å². The number of hydrogen-bond acceptors (Lipinski definition) is 5. The van der Waals surface area contributed by atoms with Crippen molar-refractivity contribution < 1.29 is 4.79 Å². The number of nitrogens with zero attached hydrogens (tertiary/aromatic N) is 3. The van der Waals surface area contributed by atoms with Crippen molar-refractivity contribution in [1.82, 2.24) is 9.97 Å². The van der Waals surface area contributed by atoms with Crippen molar-refractivity contribution in [1.29, 1.82) is 0 Å². The maximum atomic E-state index is 12.4. The topological polar surface area (TPSA) is 58.1 Å². The molecule has 0 bridgehead atoms. The third-order valence-corrected chi connectivity index (χ3v) is 4.80. The van der Waals surface area contributed by atoms with Gasteiger partial charge in [-0.1, -0.05) is 18.2 Å². The van der Waals surface area contributed by atoms with Crippen LogP contribution in [0.2, 0.25) is 0 Å². The molecule has 3 aromatic rings. The van der Waals surface area contributed by atoms with Crippen molar-refractivity contribution in [2.24, 2.45) is 0 Å². The van der Waals surface area contributed by atoms with Crippen LogP contribution in [0.3, 0.4) is 0 Å². The molecule has 6 heteroatoms. The quantitative estimate of drug-likeness (QED) is 0.800. The predicted octanol–water partition coefficient (Wildman–Crippen LogP) is 3.54. The molecule has 1 amide bonds. The van der Waals surface area contributed by atoms with Crippen molar-refractivity contribution in [3.8, 4) is 0 Å². The van der Waals surface area contributed by atoms with Crippen molar-refractivity contribution in [2.75, 3.05) is 23.3 Å². The molecule has 1 fully saturated rings. The maximum absolute atomic E-state index is 12.4. The number of amides is 1. The Bertz CT molecular complexity index is 841. The van der Waals surface area contributed by atoms with Crippen LogP contribution in [-0.2, 0) is 0 Å². The lowest BCUT2D eigenvalue weighted by atomic mass is 10.3. The van der Waals surface area contributed by atoms with Gasteiger partial charge in [0.15, 0.2) is 11.6 Å². The van der Waals surface area contributed by atoms with Crippen LogP contribution in [-0.4, -0.2) is 29.0 Å². The third-order valence-electron chi connectivity index (χ3n) is 3.93. The molecule has 3 heterocycles. The summed E-state index contributed by atoms with van der Waals surface area (Å²) in [4.78, 5) is 24.6. The average Bonchev–Trinajstić information content (AvgIpc) is 3.27. The fourth-order valence-electron chi connectivity index (χ4n) is 2.80. The molecule has 2 aromatic heterocycles. The van der Waals surface area contributed by atoms with Gasteiger partial charge in [-0.2, -0.15) is 0 Å². The highest BCUT2D eigenvalue weighted by Gasteiger charge is 2.21. The number of fused-ring (bicyclic) bond motifs is 1. The number of rotatable bonds is 3. The fourth-order valence-corrected chi connectivity index (χ4v) is 3.42. The summed E-state index contributed by atoms with van der Waals surface area (Å²) in [5.74, 6) is 1.18. The Morgan fingerprint density at radius 3 is 2.48 bits per heavy atom. The highest BCUT2D eigenvalue weighted by Crippen LogP contribution is 2.28. The largest absolute Gasteiger partial charge is 0.354 e. The van der Waals surface area contributed by atoms with Crippen LogP contribution in [0.25, 0.3) is 11.0 Å². The van der Waals surface area contributed by atoms with E-state index in [4.69, 9.17) is 4.98 Å². The van der Waals surface area contributed by atoms with Crippen LogP contribution in [0.1, 0.15) is 22.5 Å². The lowest BCUT2D eigenvalue weighted by Crippen LogP contribution is -2.23. The molecule has 4 rings (SSSR count). The van der Waals surface area contributed by atoms with Crippen molar-refractivity contribution >= 4 is 39.9 Å². The SMILES string of the molecule is O=C(Nc1nc2ccccc2nc1N1CCCC1)c1cccs1. The van der Waals surface area contributed by atoms with Gasteiger partial charge < -0.3 is 10.2 Å². The first-order chi connectivity index (χ1) is 11.3. The van der Waals surface area contributed by atoms with Gasteiger partial charge in [-0.3, -0.25) is 4.79 Å². The minimum Gasteiger partial charge on any atom is -0.354 e. The fraction of sp³-hybridized carbons (Fsp3) is 0.235. The Hall–Kier alpha value is -2.47. The van der Waals surface area contributed by atoms with Gasteiger partial charge in [-0.05, 0) is 36.4 Å². The highest BCUT2D eigenvalue weighted by atomic mass is 32.1. The molecule has 1 aliphatic rings. The molecule has 1 saturated heterocycles. The van der Waals surface area contributed by atoms with Gasteiger partial charge >= 0.3 is 0 Å². The van der Waals surface area contributed by atoms with Crippen LogP contribution in [0.4, 0.5) is 11.6 Å². The Kier molecular flexibility index (Phi) is 3.67. The first kappa shape index (κ1) is 14.1. The molecule has 0 saturated carbocycles. The van der Waals surface area contributed by atoms with Crippen LogP contribution < -0.4 is 10.2 Å². The minimum atomic E-state index is -0.134. The zero-order valence-corrected chi connectivity index (χ0v) is 13.3. The number of benzene rings is 1. The van der Waals surface area contributed by atoms with Gasteiger partial charge in [0.25, 0.3) is 5.91 Å². The molecule has 1 N–H and O–H groups in total. The molecule has 0 unspecified atom stereocenters. The smallest absolute Gasteiger partial charge is 0.266 e. The van der Waals surface area contributed by atoms with E-state index in [0.29, 0.717) is 10.7 Å². The van der Waals surface area contributed by atoms with Gasteiger partial charge in [-0.25, -0.2) is 9.97 Å². The Labute approximate surface area is 138 Å². The second kappa shape index (κ2) is 5.96. The zero-order valence-electron chi connectivity index (χ0n) is 12.5. The van der Waals surface area contributed by atoms with Gasteiger partial charge in [0.05, 0.1) is 15.9 Å². The van der Waals surface area contributed by atoms with Crippen molar-refractivity contribution in [3.63, 3.8) is 0 Å². The Morgan fingerprint density at radius 2 is 1.78 bits per heavy atom. The molecule has 0 aliphatic carbocycles. The average molecular weight is 324 g/mol. The second-order valence-corrected chi connectivity index (χ2v) is 6.46. The summed E-state index contributed by atoms with van der Waals surface area (Å²) in [6, 6.07) is 11.4. The van der Waals surface area contributed by atoms with E-state index >= 15 is 0 Å². The Balaban J connectivity index is 1.76. The van der Waals surface area contributed by atoms with E-state index in [1.807, 2.05) is 41.8 Å². The number of carbonyl (C=O) groups is 1. The van der Waals surface area contributed by atoms with Crippen LogP contribution in [0.5, 0.6) is 0 Å². The number of anilines is 2. The summed E-state index contributed by atoms with van der Waals surface area (Å²) >= 11 is 1.42. The molecule has 1 aliphatic heterocycles. The van der Waals surface area contributed by atoms with Crippen LogP contribution in [0, 0.1) is 0 Å². The first-order valence-electron chi connectivity index (χ1n) is 7.68. The van der Waals surface area contributed by atoms with Crippen molar-refractivity contribution in [2.45, 2.75) is 12.8 Å². The van der Waals surface area contributed by atoms with Gasteiger partial charge in [0.2, 0.25) is 0 Å². The number of hydrogen-bond donors (Lipinski definition) is 1. The summed E-state index contributed by atoms with van der Waals surface area (Å²) < 4.78 is 0. The van der Waals surface area contributed by atoms with E-state index < -0.39 is 0 Å². The second-order valence-electron chi connectivity index (χ2n) is 5.51. The third kappa shape index (κ3) is 2.77. The number of nitrogens with one attached hydrogen (secondary N) is 1. The summed E-state index contributed by atoms with van der Waals surface area (Å²) in [6.07, 6.45) is 2.29. The molecule has 0 atom stereocenters. The number of para-hydroxylation sites is 2. The number of thiophene rings is 1. The van der Waals surface area contributed by atoms with E-state index in [9.17, 15) is 4.79 Å².